The van der Waals surface area contributed by atoms with E-state index >= 15 is 0 Å². The van der Waals surface area contributed by atoms with Crippen molar-refractivity contribution in [1.29, 1.82) is 0 Å². The number of H-pyrrole nitrogens is 1. The first kappa shape index (κ1) is 21.1. The number of anilines is 1. The average Bonchev–Trinajstić information content (AvgIpc) is 3.60. The SMILES string of the molecule is Cn1ccnc1-c1sc(NC(=O)c2ccc(CSc3ncn[nH]3)cc2)nc1-c1ccccc1. The summed E-state index contributed by atoms with van der Waals surface area (Å²) in [5.41, 5.74) is 3.43. The summed E-state index contributed by atoms with van der Waals surface area (Å²) >= 11 is 2.97. The average molecular weight is 474 g/mol. The highest BCUT2D eigenvalue weighted by molar-refractivity contribution is 7.98. The first-order chi connectivity index (χ1) is 16.2. The minimum Gasteiger partial charge on any atom is -0.333 e. The topological polar surface area (TPSA) is 101 Å². The van der Waals surface area contributed by atoms with Crippen LogP contribution in [0.25, 0.3) is 22.0 Å². The second kappa shape index (κ2) is 9.39. The number of aromatic amines is 1. The zero-order valence-corrected chi connectivity index (χ0v) is 19.2. The van der Waals surface area contributed by atoms with E-state index in [2.05, 4.69) is 25.5 Å². The van der Waals surface area contributed by atoms with Crippen molar-refractivity contribution < 1.29 is 4.79 Å². The van der Waals surface area contributed by atoms with E-state index < -0.39 is 0 Å². The van der Waals surface area contributed by atoms with Crippen LogP contribution in [0.15, 0.2) is 78.5 Å². The summed E-state index contributed by atoms with van der Waals surface area (Å²) in [7, 11) is 1.94. The zero-order valence-electron chi connectivity index (χ0n) is 17.6. The van der Waals surface area contributed by atoms with Gasteiger partial charge in [-0.25, -0.2) is 15.0 Å². The minimum absolute atomic E-state index is 0.204. The lowest BCUT2D eigenvalue weighted by Gasteiger charge is -2.04. The van der Waals surface area contributed by atoms with E-state index in [9.17, 15) is 4.79 Å². The number of hydrogen-bond donors (Lipinski definition) is 2. The number of carbonyl (C=O) groups excluding carboxylic acids is 1. The molecule has 0 spiro atoms. The number of thioether (sulfide) groups is 1. The van der Waals surface area contributed by atoms with Crippen LogP contribution in [0.5, 0.6) is 0 Å². The summed E-state index contributed by atoms with van der Waals surface area (Å²) < 4.78 is 1.95. The summed E-state index contributed by atoms with van der Waals surface area (Å²) in [6.07, 6.45) is 5.13. The van der Waals surface area contributed by atoms with Crippen LogP contribution in [0.4, 0.5) is 5.13 Å². The Morgan fingerprint density at radius 1 is 1.12 bits per heavy atom. The number of benzene rings is 2. The molecule has 0 aliphatic heterocycles. The Morgan fingerprint density at radius 3 is 2.64 bits per heavy atom. The van der Waals surface area contributed by atoms with Gasteiger partial charge in [-0.15, -0.1) is 0 Å². The number of nitrogens with zero attached hydrogens (tertiary/aromatic N) is 5. The van der Waals surface area contributed by atoms with Crippen molar-refractivity contribution >= 4 is 34.1 Å². The molecule has 3 aromatic heterocycles. The maximum atomic E-state index is 12.9. The summed E-state index contributed by atoms with van der Waals surface area (Å²) in [6, 6.07) is 17.4. The second-order valence-corrected chi connectivity index (χ2v) is 9.12. The Bertz CT molecular complexity index is 1360. The minimum atomic E-state index is -0.204. The summed E-state index contributed by atoms with van der Waals surface area (Å²) in [5, 5.41) is 10.9. The van der Waals surface area contributed by atoms with Crippen molar-refractivity contribution in [2.75, 3.05) is 5.32 Å². The molecule has 0 radical (unpaired) electrons. The lowest BCUT2D eigenvalue weighted by atomic mass is 10.1. The number of rotatable bonds is 7. The van der Waals surface area contributed by atoms with E-state index in [0.29, 0.717) is 10.7 Å². The van der Waals surface area contributed by atoms with Gasteiger partial charge >= 0.3 is 0 Å². The van der Waals surface area contributed by atoms with Gasteiger partial charge < -0.3 is 4.57 Å². The van der Waals surface area contributed by atoms with Gasteiger partial charge in [-0.3, -0.25) is 15.2 Å². The van der Waals surface area contributed by atoms with Crippen molar-refractivity contribution in [2.24, 2.45) is 7.05 Å². The molecular formula is C23H19N7OS2. The van der Waals surface area contributed by atoms with Crippen molar-refractivity contribution in [1.82, 2.24) is 29.7 Å². The number of hydrogen-bond acceptors (Lipinski definition) is 7. The van der Waals surface area contributed by atoms with Gasteiger partial charge in [-0.05, 0) is 17.7 Å². The largest absolute Gasteiger partial charge is 0.333 e. The van der Waals surface area contributed by atoms with E-state index in [0.717, 1.165) is 38.4 Å². The lowest BCUT2D eigenvalue weighted by molar-refractivity contribution is 0.102. The molecule has 3 heterocycles. The van der Waals surface area contributed by atoms with Gasteiger partial charge in [-0.1, -0.05) is 65.6 Å². The van der Waals surface area contributed by atoms with Crippen molar-refractivity contribution in [3.05, 3.63) is 84.4 Å². The lowest BCUT2D eigenvalue weighted by Crippen LogP contribution is -2.11. The third-order valence-electron chi connectivity index (χ3n) is 4.90. The number of nitrogens with one attached hydrogen (secondary N) is 2. The fourth-order valence-electron chi connectivity index (χ4n) is 3.24. The Balaban J connectivity index is 1.35. The van der Waals surface area contributed by atoms with Crippen LogP contribution in [-0.2, 0) is 12.8 Å². The smallest absolute Gasteiger partial charge is 0.257 e. The first-order valence-electron chi connectivity index (χ1n) is 10.1. The molecule has 33 heavy (non-hydrogen) atoms. The van der Waals surface area contributed by atoms with Crippen LogP contribution < -0.4 is 5.32 Å². The highest BCUT2D eigenvalue weighted by Crippen LogP contribution is 2.38. The number of aromatic nitrogens is 6. The number of thiazole rings is 1. The molecule has 164 valence electrons. The fraction of sp³-hybridized carbons (Fsp3) is 0.0870. The number of carbonyl (C=O) groups is 1. The molecule has 0 fully saturated rings. The Hall–Kier alpha value is -3.76. The van der Waals surface area contributed by atoms with Gasteiger partial charge in [0.15, 0.2) is 16.1 Å². The van der Waals surface area contributed by atoms with Gasteiger partial charge in [0.25, 0.3) is 5.91 Å². The molecule has 2 aromatic carbocycles. The van der Waals surface area contributed by atoms with Crippen LogP contribution in [0.2, 0.25) is 0 Å². The number of imidazole rings is 1. The molecule has 0 aliphatic rings. The van der Waals surface area contributed by atoms with Gasteiger partial charge in [0.2, 0.25) is 0 Å². The van der Waals surface area contributed by atoms with Crippen LogP contribution in [0.1, 0.15) is 15.9 Å². The third kappa shape index (κ3) is 4.71. The Morgan fingerprint density at radius 2 is 1.94 bits per heavy atom. The molecule has 1 amide bonds. The monoisotopic (exact) mass is 473 g/mol. The summed E-state index contributed by atoms with van der Waals surface area (Å²) in [6.45, 7) is 0. The molecule has 0 saturated heterocycles. The van der Waals surface area contributed by atoms with Gasteiger partial charge in [0.1, 0.15) is 6.33 Å². The molecule has 0 unspecified atom stereocenters. The van der Waals surface area contributed by atoms with Gasteiger partial charge in [0.05, 0.1) is 10.6 Å². The van der Waals surface area contributed by atoms with Crippen LogP contribution in [-0.4, -0.2) is 35.6 Å². The maximum absolute atomic E-state index is 12.9. The van der Waals surface area contributed by atoms with Gasteiger partial charge in [0, 0.05) is 36.3 Å². The molecule has 2 N–H and O–H groups in total. The molecule has 0 saturated carbocycles. The van der Waals surface area contributed by atoms with Crippen LogP contribution >= 0.6 is 23.1 Å². The van der Waals surface area contributed by atoms with Crippen molar-refractivity contribution in [2.45, 2.75) is 10.9 Å². The quantitative estimate of drug-likeness (QED) is 0.327. The van der Waals surface area contributed by atoms with E-state index in [1.807, 2.05) is 72.4 Å². The van der Waals surface area contributed by atoms with E-state index in [-0.39, 0.29) is 5.91 Å². The van der Waals surface area contributed by atoms with Crippen molar-refractivity contribution in [3.8, 4) is 22.0 Å². The van der Waals surface area contributed by atoms with Crippen molar-refractivity contribution in [3.63, 3.8) is 0 Å². The van der Waals surface area contributed by atoms with Crippen LogP contribution in [0, 0.1) is 0 Å². The molecule has 8 nitrogen and oxygen atoms in total. The summed E-state index contributed by atoms with van der Waals surface area (Å²) in [4.78, 5) is 27.1. The molecular weight excluding hydrogens is 454 g/mol. The van der Waals surface area contributed by atoms with E-state index in [4.69, 9.17) is 4.98 Å². The highest BCUT2D eigenvalue weighted by Gasteiger charge is 2.19. The number of aryl methyl sites for hydroxylation is 1. The highest BCUT2D eigenvalue weighted by atomic mass is 32.2. The van der Waals surface area contributed by atoms with E-state index in [1.54, 1.807) is 18.0 Å². The second-order valence-electron chi connectivity index (χ2n) is 7.15. The van der Waals surface area contributed by atoms with E-state index in [1.165, 1.54) is 17.7 Å². The van der Waals surface area contributed by atoms with Crippen LogP contribution in [0.3, 0.4) is 0 Å². The van der Waals surface area contributed by atoms with Gasteiger partial charge in [-0.2, -0.15) is 5.10 Å². The Labute approximate surface area is 198 Å². The third-order valence-corrected chi connectivity index (χ3v) is 6.82. The number of amides is 1. The molecule has 0 atom stereocenters. The molecule has 5 rings (SSSR count). The zero-order chi connectivity index (χ0) is 22.6. The molecule has 10 heteroatoms. The maximum Gasteiger partial charge on any atom is 0.257 e. The predicted molar refractivity (Wildman–Crippen MR) is 130 cm³/mol. The molecule has 0 bridgehead atoms. The molecule has 5 aromatic rings. The summed E-state index contributed by atoms with van der Waals surface area (Å²) in [5.74, 6) is 1.33. The molecule has 0 aliphatic carbocycles. The fourth-order valence-corrected chi connectivity index (χ4v) is 5.00. The predicted octanol–water partition coefficient (Wildman–Crippen LogP) is 4.87. The first-order valence-corrected chi connectivity index (χ1v) is 11.9. The normalized spacial score (nSPS) is 10.9. The standard InChI is InChI=1S/C23H19N7OS2/c1-30-12-11-24-20(30)19-18(16-5-3-2-4-6-16)27-23(33-19)28-21(31)17-9-7-15(8-10-17)13-32-22-25-14-26-29-22/h2-12,14H,13H2,1H3,(H,25,26,29)(H,27,28,31). The Kier molecular flexibility index (Phi) is 6.01.